The van der Waals surface area contributed by atoms with Gasteiger partial charge in [0.05, 0.1) is 0 Å². The molecule has 2 aliphatic rings. The molecule has 0 aromatic carbocycles. The van der Waals surface area contributed by atoms with Crippen molar-refractivity contribution in [1.82, 2.24) is 0 Å². The molecule has 1 fully saturated rings. The van der Waals surface area contributed by atoms with Gasteiger partial charge in [0.2, 0.25) is 0 Å². The number of carbonyl (C=O) groups is 1. The van der Waals surface area contributed by atoms with Gasteiger partial charge in [-0.05, 0) is 42.6 Å². The highest BCUT2D eigenvalue weighted by atomic mass is 16.1. The third-order valence-corrected chi connectivity index (χ3v) is 4.51. The number of rotatable bonds is 2. The van der Waals surface area contributed by atoms with E-state index in [0.717, 1.165) is 19.3 Å². The van der Waals surface area contributed by atoms with Crippen molar-refractivity contribution >= 4 is 5.78 Å². The summed E-state index contributed by atoms with van der Waals surface area (Å²) in [4.78, 5) is 11.4. The van der Waals surface area contributed by atoms with Crippen molar-refractivity contribution in [3.63, 3.8) is 0 Å². The zero-order valence-corrected chi connectivity index (χ0v) is 9.75. The lowest BCUT2D eigenvalue weighted by molar-refractivity contribution is -0.115. The highest BCUT2D eigenvalue weighted by molar-refractivity contribution is 5.91. The highest BCUT2D eigenvalue weighted by Gasteiger charge is 2.45. The van der Waals surface area contributed by atoms with Gasteiger partial charge in [0.25, 0.3) is 0 Å². The summed E-state index contributed by atoms with van der Waals surface area (Å²) in [5.74, 6) is 1.58. The van der Waals surface area contributed by atoms with E-state index in [9.17, 15) is 4.79 Å². The molecule has 1 saturated carbocycles. The van der Waals surface area contributed by atoms with Gasteiger partial charge < -0.3 is 0 Å². The van der Waals surface area contributed by atoms with Gasteiger partial charge in [-0.25, -0.2) is 0 Å². The summed E-state index contributed by atoms with van der Waals surface area (Å²) in [6.45, 7) is 8.49. The third kappa shape index (κ3) is 1.58. The fourth-order valence-corrected chi connectivity index (χ4v) is 3.39. The summed E-state index contributed by atoms with van der Waals surface area (Å²) < 4.78 is 0. The van der Waals surface area contributed by atoms with Crippen molar-refractivity contribution in [3.8, 4) is 0 Å². The van der Waals surface area contributed by atoms with E-state index in [1.807, 2.05) is 6.08 Å². The fraction of sp³-hybridized carbons (Fsp3) is 0.643. The van der Waals surface area contributed by atoms with Crippen LogP contribution in [0.1, 0.15) is 39.5 Å². The van der Waals surface area contributed by atoms with E-state index < -0.39 is 0 Å². The standard InChI is InChI=1S/C14H20O/c1-4-10(2)13-6-5-11-9-12(15)7-8-14(11,13)3/h4,9-10,13H,1,5-8H2,2-3H3/t10-,13-,14+/m1/s1. The largest absolute Gasteiger partial charge is 0.295 e. The first-order valence-corrected chi connectivity index (χ1v) is 5.94. The zero-order valence-electron chi connectivity index (χ0n) is 9.75. The smallest absolute Gasteiger partial charge is 0.155 e. The second-order valence-corrected chi connectivity index (χ2v) is 5.29. The van der Waals surface area contributed by atoms with Crippen molar-refractivity contribution in [2.45, 2.75) is 39.5 Å². The Morgan fingerprint density at radius 3 is 3.00 bits per heavy atom. The van der Waals surface area contributed by atoms with Crippen LogP contribution in [0, 0.1) is 17.3 Å². The molecule has 0 aliphatic heterocycles. The van der Waals surface area contributed by atoms with Crippen LogP contribution in [0.4, 0.5) is 0 Å². The van der Waals surface area contributed by atoms with E-state index in [-0.39, 0.29) is 5.41 Å². The molecule has 0 spiro atoms. The number of hydrogen-bond acceptors (Lipinski definition) is 1. The maximum Gasteiger partial charge on any atom is 0.155 e. The predicted molar refractivity (Wildman–Crippen MR) is 62.5 cm³/mol. The molecule has 0 aromatic heterocycles. The van der Waals surface area contributed by atoms with Crippen LogP contribution in [-0.2, 0) is 4.79 Å². The minimum Gasteiger partial charge on any atom is -0.295 e. The molecule has 0 bridgehead atoms. The Bertz CT molecular complexity index is 326. The first kappa shape index (κ1) is 10.7. The van der Waals surface area contributed by atoms with Crippen molar-refractivity contribution in [3.05, 3.63) is 24.3 Å². The van der Waals surface area contributed by atoms with Crippen molar-refractivity contribution in [2.24, 2.45) is 17.3 Å². The van der Waals surface area contributed by atoms with Crippen LogP contribution in [-0.4, -0.2) is 5.78 Å². The van der Waals surface area contributed by atoms with Gasteiger partial charge in [-0.15, -0.1) is 6.58 Å². The van der Waals surface area contributed by atoms with E-state index in [2.05, 4.69) is 26.5 Å². The summed E-state index contributed by atoms with van der Waals surface area (Å²) in [5, 5.41) is 0. The van der Waals surface area contributed by atoms with Crippen molar-refractivity contribution in [2.75, 3.05) is 0 Å². The molecule has 0 saturated heterocycles. The Morgan fingerprint density at radius 2 is 2.33 bits per heavy atom. The van der Waals surface area contributed by atoms with Gasteiger partial charge in [0.15, 0.2) is 5.78 Å². The van der Waals surface area contributed by atoms with Crippen molar-refractivity contribution in [1.29, 1.82) is 0 Å². The van der Waals surface area contributed by atoms with Crippen LogP contribution in [0.15, 0.2) is 24.3 Å². The van der Waals surface area contributed by atoms with Crippen LogP contribution in [0.2, 0.25) is 0 Å². The molecule has 15 heavy (non-hydrogen) atoms. The van der Waals surface area contributed by atoms with Crippen LogP contribution in [0.25, 0.3) is 0 Å². The monoisotopic (exact) mass is 204 g/mol. The van der Waals surface area contributed by atoms with E-state index in [1.165, 1.54) is 12.0 Å². The minimum absolute atomic E-state index is 0.279. The molecule has 0 amide bonds. The molecule has 0 radical (unpaired) electrons. The lowest BCUT2D eigenvalue weighted by atomic mass is 9.66. The second kappa shape index (κ2) is 3.62. The molecule has 0 heterocycles. The summed E-state index contributed by atoms with van der Waals surface area (Å²) >= 11 is 0. The molecule has 0 unspecified atom stereocenters. The van der Waals surface area contributed by atoms with Gasteiger partial charge in [-0.2, -0.15) is 0 Å². The molecule has 0 N–H and O–H groups in total. The molecular weight excluding hydrogens is 184 g/mol. The number of allylic oxidation sites excluding steroid dienone is 3. The number of ketones is 1. The SMILES string of the molecule is C=C[C@@H](C)[C@H]1CCC2=CC(=O)CC[C@@]21C. The Balaban J connectivity index is 2.31. The molecule has 0 aromatic rings. The van der Waals surface area contributed by atoms with Gasteiger partial charge in [0, 0.05) is 6.42 Å². The molecular formula is C14H20O. The quantitative estimate of drug-likeness (QED) is 0.629. The van der Waals surface area contributed by atoms with Gasteiger partial charge >= 0.3 is 0 Å². The molecule has 2 aliphatic carbocycles. The van der Waals surface area contributed by atoms with E-state index in [4.69, 9.17) is 0 Å². The Labute approximate surface area is 92.3 Å². The minimum atomic E-state index is 0.279. The summed E-state index contributed by atoms with van der Waals surface area (Å²) in [7, 11) is 0. The van der Waals surface area contributed by atoms with Crippen molar-refractivity contribution < 1.29 is 4.79 Å². The van der Waals surface area contributed by atoms with E-state index >= 15 is 0 Å². The Hall–Kier alpha value is -0.850. The normalized spacial score (nSPS) is 37.1. The first-order valence-electron chi connectivity index (χ1n) is 5.94. The molecule has 2 rings (SSSR count). The van der Waals surface area contributed by atoms with E-state index in [0.29, 0.717) is 17.6 Å². The highest BCUT2D eigenvalue weighted by Crippen LogP contribution is 2.54. The lowest BCUT2D eigenvalue weighted by Crippen LogP contribution is -2.30. The Morgan fingerprint density at radius 1 is 1.60 bits per heavy atom. The predicted octanol–water partition coefficient (Wildman–Crippen LogP) is 3.51. The van der Waals surface area contributed by atoms with Crippen LogP contribution in [0.5, 0.6) is 0 Å². The average molecular weight is 204 g/mol. The number of carbonyl (C=O) groups excluding carboxylic acids is 1. The summed E-state index contributed by atoms with van der Waals surface area (Å²) in [5.41, 5.74) is 1.68. The maximum atomic E-state index is 11.4. The molecule has 1 heteroatoms. The fourth-order valence-electron chi connectivity index (χ4n) is 3.39. The summed E-state index contributed by atoms with van der Waals surface area (Å²) in [6, 6.07) is 0. The third-order valence-electron chi connectivity index (χ3n) is 4.51. The molecule has 1 nitrogen and oxygen atoms in total. The van der Waals surface area contributed by atoms with E-state index in [1.54, 1.807) is 0 Å². The Kier molecular flexibility index (Phi) is 2.57. The number of hydrogen-bond donors (Lipinski definition) is 0. The van der Waals surface area contributed by atoms with Crippen LogP contribution in [0.3, 0.4) is 0 Å². The topological polar surface area (TPSA) is 17.1 Å². The van der Waals surface area contributed by atoms with Crippen LogP contribution >= 0.6 is 0 Å². The molecule has 3 atom stereocenters. The second-order valence-electron chi connectivity index (χ2n) is 5.29. The first-order chi connectivity index (χ1) is 7.08. The zero-order chi connectivity index (χ0) is 11.1. The average Bonchev–Trinajstić information content (AvgIpc) is 2.55. The van der Waals surface area contributed by atoms with Crippen LogP contribution < -0.4 is 0 Å². The van der Waals surface area contributed by atoms with Gasteiger partial charge in [-0.3, -0.25) is 4.79 Å². The van der Waals surface area contributed by atoms with Gasteiger partial charge in [0.1, 0.15) is 0 Å². The lowest BCUT2D eigenvalue weighted by Gasteiger charge is -2.37. The van der Waals surface area contributed by atoms with Gasteiger partial charge in [-0.1, -0.05) is 25.5 Å². The maximum absolute atomic E-state index is 11.4. The summed E-state index contributed by atoms with van der Waals surface area (Å²) in [6.07, 6.45) is 8.10. The number of fused-ring (bicyclic) bond motifs is 1. The molecule has 82 valence electrons.